The maximum Gasteiger partial charge on any atom is 0.215 e. The minimum Gasteiger partial charge on any atom is -0.212 e. The second-order valence-corrected chi connectivity index (χ2v) is 9.47. The Morgan fingerprint density at radius 2 is 1.76 bits per heavy atom. The van der Waals surface area contributed by atoms with Crippen LogP contribution in [0.2, 0.25) is 0 Å². The van der Waals surface area contributed by atoms with Gasteiger partial charge in [-0.05, 0) is 30.6 Å². The van der Waals surface area contributed by atoms with Crippen molar-refractivity contribution in [3.63, 3.8) is 0 Å². The standard InChI is InChI=1S/C17H23NO2S/c1-16(2)13-9-10-17(16)12-21(19,20)18(15(17)11-13)14-7-5-3-4-6-8-14/h3-8,13-15H,9-12H2,1-2H3. The van der Waals surface area contributed by atoms with Crippen LogP contribution in [-0.4, -0.2) is 30.6 Å². The van der Waals surface area contributed by atoms with E-state index in [0.717, 1.165) is 12.8 Å². The van der Waals surface area contributed by atoms with Crippen molar-refractivity contribution >= 4 is 10.0 Å². The van der Waals surface area contributed by atoms with E-state index in [1.54, 1.807) is 0 Å². The van der Waals surface area contributed by atoms with E-state index in [1.165, 1.54) is 6.42 Å². The minimum absolute atomic E-state index is 0.0298. The molecule has 3 atom stereocenters. The molecule has 1 aliphatic heterocycles. The Kier molecular flexibility index (Phi) is 2.69. The molecular formula is C17H23NO2S. The summed E-state index contributed by atoms with van der Waals surface area (Å²) in [6, 6.07) is 0.0678. The number of fused-ring (bicyclic) bond motifs is 1. The van der Waals surface area contributed by atoms with Gasteiger partial charge in [0.1, 0.15) is 0 Å². The van der Waals surface area contributed by atoms with Crippen molar-refractivity contribution in [2.24, 2.45) is 16.7 Å². The molecule has 1 spiro atoms. The van der Waals surface area contributed by atoms with Gasteiger partial charge in [0.2, 0.25) is 10.0 Å². The zero-order valence-corrected chi connectivity index (χ0v) is 13.5. The van der Waals surface area contributed by atoms with Crippen LogP contribution >= 0.6 is 0 Å². The highest BCUT2D eigenvalue weighted by molar-refractivity contribution is 7.89. The van der Waals surface area contributed by atoms with Crippen LogP contribution in [0.4, 0.5) is 0 Å². The maximum absolute atomic E-state index is 12.9. The second kappa shape index (κ2) is 4.11. The maximum atomic E-state index is 12.9. The van der Waals surface area contributed by atoms with Crippen molar-refractivity contribution in [1.29, 1.82) is 0 Å². The van der Waals surface area contributed by atoms with Gasteiger partial charge in [-0.1, -0.05) is 50.3 Å². The van der Waals surface area contributed by atoms with E-state index >= 15 is 0 Å². The van der Waals surface area contributed by atoms with Crippen molar-refractivity contribution in [2.45, 2.75) is 45.2 Å². The molecule has 3 nitrogen and oxygen atoms in total. The molecule has 2 saturated carbocycles. The zero-order valence-electron chi connectivity index (χ0n) is 12.7. The Morgan fingerprint density at radius 3 is 2.38 bits per heavy atom. The van der Waals surface area contributed by atoms with Crippen molar-refractivity contribution < 1.29 is 8.42 Å². The molecule has 0 aromatic heterocycles. The van der Waals surface area contributed by atoms with E-state index in [2.05, 4.69) is 13.8 Å². The summed E-state index contributed by atoms with van der Waals surface area (Å²) in [5.74, 6) is 1.03. The molecule has 0 aromatic rings. The number of rotatable bonds is 1. The third-order valence-electron chi connectivity index (χ3n) is 6.70. The van der Waals surface area contributed by atoms with Crippen LogP contribution in [0.3, 0.4) is 0 Å². The first kappa shape index (κ1) is 13.8. The number of hydrogen-bond donors (Lipinski definition) is 0. The monoisotopic (exact) mass is 305 g/mol. The second-order valence-electron chi connectivity index (χ2n) is 7.60. The molecule has 0 amide bonds. The summed E-state index contributed by atoms with van der Waals surface area (Å²) >= 11 is 0. The van der Waals surface area contributed by atoms with Gasteiger partial charge in [-0.25, -0.2) is 8.42 Å². The van der Waals surface area contributed by atoms with Crippen molar-refractivity contribution in [3.8, 4) is 0 Å². The van der Waals surface area contributed by atoms with Crippen molar-refractivity contribution in [1.82, 2.24) is 4.31 Å². The van der Waals surface area contributed by atoms with Gasteiger partial charge in [0.05, 0.1) is 11.8 Å². The number of allylic oxidation sites excluding steroid dienone is 4. The third kappa shape index (κ3) is 1.61. The zero-order chi connectivity index (χ0) is 14.9. The minimum atomic E-state index is -3.17. The molecule has 114 valence electrons. The van der Waals surface area contributed by atoms with Crippen LogP contribution in [0.15, 0.2) is 36.5 Å². The van der Waals surface area contributed by atoms with Crippen LogP contribution in [0.25, 0.3) is 0 Å². The molecule has 1 saturated heterocycles. The van der Waals surface area contributed by atoms with Gasteiger partial charge in [0.25, 0.3) is 0 Å². The summed E-state index contributed by atoms with van der Waals surface area (Å²) in [4.78, 5) is 0. The normalized spacial score (nSPS) is 43.3. The van der Waals surface area contributed by atoms with Gasteiger partial charge < -0.3 is 0 Å². The molecule has 0 radical (unpaired) electrons. The van der Waals surface area contributed by atoms with E-state index in [-0.39, 0.29) is 22.9 Å². The highest BCUT2D eigenvalue weighted by Gasteiger charge is 2.71. The fourth-order valence-electron chi connectivity index (χ4n) is 5.43. The lowest BCUT2D eigenvalue weighted by Gasteiger charge is -2.38. The molecule has 1 heterocycles. The SMILES string of the molecule is CC1(C)C2CCC13CS(=O)(=O)N(C1C=CC=CC=C1)C3C2. The molecule has 3 fully saturated rings. The first-order valence-corrected chi connectivity index (χ1v) is 9.52. The Bertz CT molecular complexity index is 642. The number of hydrogen-bond acceptors (Lipinski definition) is 2. The van der Waals surface area contributed by atoms with Crippen molar-refractivity contribution in [2.75, 3.05) is 5.75 Å². The lowest BCUT2D eigenvalue weighted by atomic mass is 9.69. The van der Waals surface area contributed by atoms with Crippen LogP contribution in [0, 0.1) is 16.7 Å². The van der Waals surface area contributed by atoms with Crippen molar-refractivity contribution in [3.05, 3.63) is 36.5 Å². The highest BCUT2D eigenvalue weighted by atomic mass is 32.2. The summed E-state index contributed by atoms with van der Waals surface area (Å²) in [7, 11) is -3.17. The predicted octanol–water partition coefficient (Wildman–Crippen LogP) is 2.88. The van der Waals surface area contributed by atoms with Gasteiger partial charge in [-0.2, -0.15) is 4.31 Å². The van der Waals surface area contributed by atoms with Gasteiger partial charge in [0, 0.05) is 11.5 Å². The van der Waals surface area contributed by atoms with Gasteiger partial charge >= 0.3 is 0 Å². The molecule has 0 aromatic carbocycles. The fraction of sp³-hybridized carbons (Fsp3) is 0.647. The molecule has 3 aliphatic carbocycles. The molecule has 21 heavy (non-hydrogen) atoms. The molecule has 4 rings (SSSR count). The van der Waals surface area contributed by atoms with Crippen LogP contribution in [-0.2, 0) is 10.0 Å². The first-order chi connectivity index (χ1) is 9.88. The summed E-state index contributed by atoms with van der Waals surface area (Å²) in [6.07, 6.45) is 15.2. The Hall–Kier alpha value is -0.870. The topological polar surface area (TPSA) is 37.4 Å². The van der Waals surface area contributed by atoms with E-state index in [9.17, 15) is 8.42 Å². The highest BCUT2D eigenvalue weighted by Crippen LogP contribution is 2.70. The lowest BCUT2D eigenvalue weighted by Crippen LogP contribution is -2.44. The summed E-state index contributed by atoms with van der Waals surface area (Å²) in [6.45, 7) is 4.59. The average Bonchev–Trinajstić information content (AvgIpc) is 2.74. The van der Waals surface area contributed by atoms with Gasteiger partial charge in [-0.3, -0.25) is 0 Å². The number of sulfonamides is 1. The Balaban J connectivity index is 1.80. The van der Waals surface area contributed by atoms with E-state index < -0.39 is 10.0 Å². The Morgan fingerprint density at radius 1 is 1.10 bits per heavy atom. The first-order valence-electron chi connectivity index (χ1n) is 7.91. The molecule has 4 heteroatoms. The molecule has 4 aliphatic rings. The van der Waals surface area contributed by atoms with E-state index in [0.29, 0.717) is 11.7 Å². The lowest BCUT2D eigenvalue weighted by molar-refractivity contribution is 0.111. The van der Waals surface area contributed by atoms with Gasteiger partial charge in [-0.15, -0.1) is 0 Å². The van der Waals surface area contributed by atoms with Crippen LogP contribution in [0.1, 0.15) is 33.1 Å². The molecule has 2 bridgehead atoms. The number of nitrogens with zero attached hydrogens (tertiary/aromatic N) is 1. The summed E-state index contributed by atoms with van der Waals surface area (Å²) in [5, 5.41) is 0. The smallest absolute Gasteiger partial charge is 0.212 e. The van der Waals surface area contributed by atoms with E-state index in [1.807, 2.05) is 40.8 Å². The van der Waals surface area contributed by atoms with Crippen LogP contribution < -0.4 is 0 Å². The quantitative estimate of drug-likeness (QED) is 0.747. The molecule has 0 N–H and O–H groups in total. The summed E-state index contributed by atoms with van der Waals surface area (Å²) < 4.78 is 27.6. The molecular weight excluding hydrogens is 282 g/mol. The van der Waals surface area contributed by atoms with Crippen LogP contribution in [0.5, 0.6) is 0 Å². The average molecular weight is 305 g/mol. The predicted molar refractivity (Wildman–Crippen MR) is 84.2 cm³/mol. The molecule has 3 unspecified atom stereocenters. The van der Waals surface area contributed by atoms with Gasteiger partial charge in [0.15, 0.2) is 0 Å². The largest absolute Gasteiger partial charge is 0.215 e. The fourth-order valence-corrected chi connectivity index (χ4v) is 8.13. The Labute approximate surface area is 127 Å². The van der Waals surface area contributed by atoms with E-state index in [4.69, 9.17) is 0 Å². The third-order valence-corrected chi connectivity index (χ3v) is 8.72. The summed E-state index contributed by atoms with van der Waals surface area (Å²) in [5.41, 5.74) is 0.119.